The Morgan fingerprint density at radius 2 is 0.429 bits per heavy atom. The van der Waals surface area contributed by atoms with Gasteiger partial charge in [0.15, 0.2) is 0 Å². The monoisotopic (exact) mass is 112 g/mol. The van der Waals surface area contributed by atoms with Crippen molar-refractivity contribution < 1.29 is 33.2 Å². The van der Waals surface area contributed by atoms with Crippen molar-refractivity contribution in [3.63, 3.8) is 0 Å². The van der Waals surface area contributed by atoms with Gasteiger partial charge in [-0.05, 0) is 0 Å². The van der Waals surface area contributed by atoms with Gasteiger partial charge in [0, 0.05) is 33.2 Å². The Hall–Kier alpha value is -1.40. The van der Waals surface area contributed by atoms with Crippen molar-refractivity contribution >= 4 is 0 Å². The number of hydrogen-bond donors (Lipinski definition) is 0. The first-order valence-corrected chi connectivity index (χ1v) is 1.17. The van der Waals surface area contributed by atoms with Crippen molar-refractivity contribution in [2.24, 2.45) is 0 Å². The maximum atomic E-state index is 3.50. The molecule has 0 saturated carbocycles. The van der Waals surface area contributed by atoms with Gasteiger partial charge in [0.25, 0.3) is 0 Å². The molecule has 0 aromatic carbocycles. The molecule has 42 valence electrons. The fourth-order valence-corrected chi connectivity index (χ4v) is 0.0794. The Morgan fingerprint density at radius 3 is 0.571 bits per heavy atom. The molecule has 7 nitrogen and oxygen atoms in total. The van der Waals surface area contributed by atoms with Crippen molar-refractivity contribution in [3.8, 4) is 0 Å². The Bertz CT molecular complexity index is 88.0. The minimum atomic E-state index is 3.50. The first kappa shape index (κ1) is 3.78. The van der Waals surface area contributed by atoms with Crippen molar-refractivity contribution in [1.29, 1.82) is 0 Å². The lowest BCUT2D eigenvalue weighted by Crippen LogP contribution is -1.32. The summed E-state index contributed by atoms with van der Waals surface area (Å²) in [5, 5.41) is 0. The van der Waals surface area contributed by atoms with Crippen molar-refractivity contribution in [2.75, 3.05) is 0 Å². The highest BCUT2D eigenvalue weighted by molar-refractivity contribution is 2.72. The van der Waals surface area contributed by atoms with Crippen molar-refractivity contribution in [3.05, 3.63) is 0 Å². The third-order valence-corrected chi connectivity index (χ3v) is 0.194. The normalized spacial score (nSPS) is 8.00. The highest BCUT2D eigenvalue weighted by atomic mass is 17.6. The molecule has 0 radical (unpaired) electrons. The van der Waals surface area contributed by atoms with Crippen LogP contribution in [0.2, 0.25) is 0 Å². The first-order valence-electron chi connectivity index (χ1n) is 1.17. The highest BCUT2D eigenvalue weighted by Crippen LogP contribution is 1.79. The van der Waals surface area contributed by atoms with E-state index in [-0.39, 0.29) is 0 Å². The summed E-state index contributed by atoms with van der Waals surface area (Å²) in [6, 6.07) is 0. The first-order chi connectivity index (χ1) is 3.50. The molecule has 0 fully saturated rings. The van der Waals surface area contributed by atoms with E-state index in [4.69, 9.17) is 0 Å². The molecule has 1 rings (SSSR count). The van der Waals surface area contributed by atoms with E-state index in [2.05, 4.69) is 33.2 Å². The second kappa shape index (κ2) is 1.90. The summed E-state index contributed by atoms with van der Waals surface area (Å²) in [5.41, 5.74) is 0. The fraction of sp³-hybridized carbons (Fsp3) is 0. The van der Waals surface area contributed by atoms with Crippen LogP contribution in [0.1, 0.15) is 0 Å². The average Bonchev–Trinajstić information content (AvgIpc) is 1.90. The molecule has 7 heavy (non-hydrogen) atoms. The van der Waals surface area contributed by atoms with E-state index in [1.165, 1.54) is 0 Å². The number of rotatable bonds is 0. The van der Waals surface area contributed by atoms with Gasteiger partial charge in [0.2, 0.25) is 0 Å². The van der Waals surface area contributed by atoms with Crippen LogP contribution >= 0.6 is 0 Å². The number of hydrogen-bond acceptors (Lipinski definition) is 7. The molecular weight excluding hydrogens is 112 g/mol. The van der Waals surface area contributed by atoms with Crippen LogP contribution < -0.4 is 0 Å². The summed E-state index contributed by atoms with van der Waals surface area (Å²) in [5.74, 6) is 0. The summed E-state index contributed by atoms with van der Waals surface area (Å²) in [7, 11) is 0. The fourth-order valence-electron chi connectivity index (χ4n) is 0.0794. The zero-order valence-corrected chi connectivity index (χ0v) is 2.86. The molecule has 0 aliphatic carbocycles. The topological polar surface area (TPSA) is 92.0 Å². The van der Waals surface area contributed by atoms with E-state index < -0.39 is 0 Å². The van der Waals surface area contributed by atoms with Gasteiger partial charge in [-0.2, -0.15) is 0 Å². The zero-order valence-electron chi connectivity index (χ0n) is 2.86. The molecule has 0 bridgehead atoms. The molecule has 0 unspecified atom stereocenters. The van der Waals surface area contributed by atoms with E-state index >= 15 is 0 Å². The quantitative estimate of drug-likeness (QED) is 0.463. The molecule has 0 N–H and O–H groups in total. The second-order valence-corrected chi connectivity index (χ2v) is 0.476. The summed E-state index contributed by atoms with van der Waals surface area (Å²) in [6.45, 7) is 0. The lowest BCUT2D eigenvalue weighted by atomic mass is 14.5. The van der Waals surface area contributed by atoms with Gasteiger partial charge in [-0.1, -0.05) is 0 Å². The van der Waals surface area contributed by atoms with Crippen LogP contribution in [0.15, 0.2) is 33.2 Å². The van der Waals surface area contributed by atoms with Crippen molar-refractivity contribution in [1.82, 2.24) is 0 Å². The minimum absolute atomic E-state index is 3.50. The van der Waals surface area contributed by atoms with Crippen LogP contribution in [0.4, 0.5) is 0 Å². The maximum absolute atomic E-state index is 3.50. The molecule has 0 aliphatic heterocycles. The molecule has 0 amide bonds. The largest absolute Gasteiger partial charge is 0 e. The van der Waals surface area contributed by atoms with Gasteiger partial charge in [-0.25, -0.2) is 0 Å². The Balaban J connectivity index is 3.06. The van der Waals surface area contributed by atoms with E-state index in [0.29, 0.717) is 0 Å². The summed E-state index contributed by atoms with van der Waals surface area (Å²) in [6.07, 6.45) is 0. The van der Waals surface area contributed by atoms with Crippen LogP contribution in [0.5, 0.6) is 0 Å². The van der Waals surface area contributed by atoms with E-state index in [1.807, 2.05) is 0 Å². The molecule has 0 atom stereocenters. The van der Waals surface area contributed by atoms with Gasteiger partial charge in [-0.3, -0.25) is 0 Å². The molecule has 7 heteroatoms. The van der Waals surface area contributed by atoms with Gasteiger partial charge < -0.3 is 0 Å². The lowest BCUT2D eigenvalue weighted by Gasteiger charge is -1.47. The lowest BCUT2D eigenvalue weighted by molar-refractivity contribution is -0.390. The van der Waals surface area contributed by atoms with Gasteiger partial charge in [-0.15, -0.1) is 0 Å². The van der Waals surface area contributed by atoms with E-state index in [0.717, 1.165) is 0 Å². The van der Waals surface area contributed by atoms with Crippen molar-refractivity contribution in [2.45, 2.75) is 0 Å². The van der Waals surface area contributed by atoms with Crippen LogP contribution in [0, 0.1) is 0 Å². The SMILES string of the molecule is o1oooooo1. The molecule has 1 aromatic rings. The summed E-state index contributed by atoms with van der Waals surface area (Å²) >= 11 is 0. The molecule has 0 aliphatic rings. The molecule has 1 aromatic heterocycles. The standard InChI is InChI=1S/O7/c1-2-4-6-7-5-3-1. The Kier molecular flexibility index (Phi) is 1.03. The third kappa shape index (κ3) is 0.992. The predicted octanol–water partition coefficient (Wildman–Crippen LogP) is 1.09. The van der Waals surface area contributed by atoms with Gasteiger partial charge in [0.05, 0.1) is 0 Å². The maximum Gasteiger partial charge on any atom is 0 e. The third-order valence-electron chi connectivity index (χ3n) is 0.194. The van der Waals surface area contributed by atoms with Crippen LogP contribution in [0.25, 0.3) is 0 Å². The van der Waals surface area contributed by atoms with Crippen LogP contribution in [-0.4, -0.2) is 0 Å². The Morgan fingerprint density at radius 1 is 0.286 bits per heavy atom. The second-order valence-electron chi connectivity index (χ2n) is 0.476. The Labute approximate surface area is 34.6 Å². The molecular formula is O7. The summed E-state index contributed by atoms with van der Waals surface area (Å²) in [4.78, 5) is 0. The van der Waals surface area contributed by atoms with Crippen LogP contribution in [-0.2, 0) is 0 Å². The zero-order chi connectivity index (χ0) is 4.95. The highest BCUT2D eigenvalue weighted by Gasteiger charge is 1.64. The minimum Gasteiger partial charge on any atom is 0 e. The molecule has 1 heterocycles. The van der Waals surface area contributed by atoms with E-state index in [9.17, 15) is 0 Å². The molecule has 0 saturated heterocycles. The van der Waals surface area contributed by atoms with Gasteiger partial charge in [0.1, 0.15) is 0 Å². The smallest absolute Gasteiger partial charge is 0 e. The van der Waals surface area contributed by atoms with Crippen LogP contribution in [0.3, 0.4) is 0 Å². The van der Waals surface area contributed by atoms with Gasteiger partial charge >= 0.3 is 0 Å². The predicted molar refractivity (Wildman–Crippen MR) is 7.56 cm³/mol. The molecule has 0 spiro atoms. The van der Waals surface area contributed by atoms with E-state index in [1.54, 1.807) is 0 Å². The average molecular weight is 112 g/mol. The summed E-state index contributed by atoms with van der Waals surface area (Å²) < 4.78 is 24.5.